The quantitative estimate of drug-likeness (QED) is 0.247. The van der Waals surface area contributed by atoms with Crippen LogP contribution in [-0.2, 0) is 5.41 Å². The van der Waals surface area contributed by atoms with Crippen LogP contribution in [0.25, 0.3) is 11.1 Å². The molecule has 0 spiro atoms. The summed E-state index contributed by atoms with van der Waals surface area (Å²) in [7, 11) is 0. The predicted molar refractivity (Wildman–Crippen MR) is 133 cm³/mol. The van der Waals surface area contributed by atoms with Crippen LogP contribution in [0.2, 0.25) is 0 Å². The molecule has 1 aliphatic rings. The lowest BCUT2D eigenvalue weighted by molar-refractivity contribution is 0.0686. The second-order valence-electron chi connectivity index (χ2n) is 7.89. The summed E-state index contributed by atoms with van der Waals surface area (Å²) >= 11 is 7.24. The van der Waals surface area contributed by atoms with E-state index in [1.807, 2.05) is 36.4 Å². The van der Waals surface area contributed by atoms with Crippen LogP contribution in [0.4, 0.5) is 0 Å². The molecule has 0 saturated heterocycles. The molecule has 1 aliphatic carbocycles. The zero-order valence-electron chi connectivity index (χ0n) is 17.0. The molecule has 6 heteroatoms. The Bertz CT molecular complexity index is 1310. The average Bonchev–Trinajstić information content (AvgIpc) is 3.08. The zero-order valence-corrected chi connectivity index (χ0v) is 20.2. The van der Waals surface area contributed by atoms with Gasteiger partial charge in [0.2, 0.25) is 0 Å². The molecule has 4 aromatic rings. The molecule has 5 rings (SSSR count). The topological polar surface area (TPSA) is 74.6 Å². The second-order valence-corrected chi connectivity index (χ2v) is 9.73. The van der Waals surface area contributed by atoms with Gasteiger partial charge in [-0.15, -0.1) is 0 Å². The highest BCUT2D eigenvalue weighted by atomic mass is 79.9. The zero-order chi connectivity index (χ0) is 23.3. The number of rotatable bonds is 4. The first-order chi connectivity index (χ1) is 15.8. The highest BCUT2D eigenvalue weighted by molar-refractivity contribution is 9.10. The van der Waals surface area contributed by atoms with Gasteiger partial charge in [-0.25, -0.2) is 9.59 Å². The van der Waals surface area contributed by atoms with Crippen LogP contribution in [0.5, 0.6) is 0 Å². The van der Waals surface area contributed by atoms with Crippen molar-refractivity contribution in [2.75, 3.05) is 0 Å². The molecule has 0 bridgehead atoms. The lowest BCUT2D eigenvalue weighted by atomic mass is 9.67. The normalized spacial score (nSPS) is 13.3. The third-order valence-electron chi connectivity index (χ3n) is 6.19. The molecule has 0 aliphatic heterocycles. The lowest BCUT2D eigenvalue weighted by Gasteiger charge is -2.34. The number of carbonyl (C=O) groups is 2. The molecule has 0 saturated carbocycles. The highest BCUT2D eigenvalue weighted by Gasteiger charge is 2.46. The summed E-state index contributed by atoms with van der Waals surface area (Å²) in [5.74, 6) is -1.97. The monoisotopic (exact) mass is 562 g/mol. The minimum atomic E-state index is -0.987. The fourth-order valence-corrected chi connectivity index (χ4v) is 5.50. The molecular weight excluding hydrogens is 548 g/mol. The van der Waals surface area contributed by atoms with E-state index in [1.165, 1.54) is 0 Å². The Balaban J connectivity index is 1.90. The standard InChI is InChI=1S/C27H16Br2O4/c28-19-9-11-21-22-12-10-20(29)14-24(22)27(23(21)13-19,17-5-1-15(2-6-17)25(30)31)18-7-3-16(4-8-18)26(32)33/h1-14H,(H,30,31)(H,32,33). The minimum absolute atomic E-state index is 0.206. The van der Waals surface area contributed by atoms with Crippen LogP contribution in [0.15, 0.2) is 93.9 Å². The summed E-state index contributed by atoms with van der Waals surface area (Å²) in [5, 5.41) is 18.9. The van der Waals surface area contributed by atoms with Gasteiger partial charge in [0, 0.05) is 8.95 Å². The van der Waals surface area contributed by atoms with Crippen LogP contribution in [0.3, 0.4) is 0 Å². The van der Waals surface area contributed by atoms with E-state index >= 15 is 0 Å². The number of hydrogen-bond acceptors (Lipinski definition) is 2. The molecule has 0 heterocycles. The molecule has 0 fully saturated rings. The van der Waals surface area contributed by atoms with Crippen molar-refractivity contribution in [2.45, 2.75) is 5.41 Å². The molecular formula is C27H16Br2O4. The average molecular weight is 564 g/mol. The lowest BCUT2D eigenvalue weighted by Crippen LogP contribution is -2.29. The van der Waals surface area contributed by atoms with Gasteiger partial charge in [0.15, 0.2) is 0 Å². The fourth-order valence-electron chi connectivity index (χ4n) is 4.78. The Hall–Kier alpha value is -3.22. The van der Waals surface area contributed by atoms with Crippen LogP contribution in [0.1, 0.15) is 43.0 Å². The second kappa shape index (κ2) is 7.97. The van der Waals surface area contributed by atoms with E-state index in [4.69, 9.17) is 0 Å². The Morgan fingerprint density at radius 3 is 1.27 bits per heavy atom. The van der Waals surface area contributed by atoms with Gasteiger partial charge in [-0.1, -0.05) is 68.3 Å². The largest absolute Gasteiger partial charge is 0.478 e. The Morgan fingerprint density at radius 1 is 0.576 bits per heavy atom. The number of carboxylic acids is 2. The van der Waals surface area contributed by atoms with Gasteiger partial charge >= 0.3 is 11.9 Å². The molecule has 0 amide bonds. The van der Waals surface area contributed by atoms with E-state index in [0.29, 0.717) is 0 Å². The number of carboxylic acid groups (broad SMARTS) is 2. The first kappa shape index (κ1) is 21.6. The van der Waals surface area contributed by atoms with E-state index in [1.54, 1.807) is 24.3 Å². The first-order valence-electron chi connectivity index (χ1n) is 10.1. The third-order valence-corrected chi connectivity index (χ3v) is 7.18. The van der Waals surface area contributed by atoms with E-state index in [9.17, 15) is 19.8 Å². The molecule has 0 radical (unpaired) electrons. The van der Waals surface area contributed by atoms with Crippen molar-refractivity contribution in [1.29, 1.82) is 0 Å². The maximum atomic E-state index is 11.5. The van der Waals surface area contributed by atoms with Crippen molar-refractivity contribution in [3.63, 3.8) is 0 Å². The van der Waals surface area contributed by atoms with E-state index in [2.05, 4.69) is 56.1 Å². The van der Waals surface area contributed by atoms with Crippen molar-refractivity contribution >= 4 is 43.8 Å². The van der Waals surface area contributed by atoms with Crippen LogP contribution < -0.4 is 0 Å². The van der Waals surface area contributed by atoms with Crippen LogP contribution in [-0.4, -0.2) is 22.2 Å². The first-order valence-corrected chi connectivity index (χ1v) is 11.7. The molecule has 2 N–H and O–H groups in total. The van der Waals surface area contributed by atoms with Gasteiger partial charge in [0.05, 0.1) is 16.5 Å². The summed E-state index contributed by atoms with van der Waals surface area (Å²) in [6.45, 7) is 0. The molecule has 4 nitrogen and oxygen atoms in total. The molecule has 4 aromatic carbocycles. The summed E-state index contributed by atoms with van der Waals surface area (Å²) in [6.07, 6.45) is 0. The summed E-state index contributed by atoms with van der Waals surface area (Å²) in [4.78, 5) is 23.0. The summed E-state index contributed by atoms with van der Waals surface area (Å²) < 4.78 is 1.84. The van der Waals surface area contributed by atoms with Gasteiger partial charge < -0.3 is 10.2 Å². The van der Waals surface area contributed by atoms with Crippen LogP contribution >= 0.6 is 31.9 Å². The highest BCUT2D eigenvalue weighted by Crippen LogP contribution is 2.57. The summed E-state index contributed by atoms with van der Waals surface area (Å²) in [6, 6.07) is 26.1. The van der Waals surface area contributed by atoms with Gasteiger partial charge in [0.1, 0.15) is 0 Å². The van der Waals surface area contributed by atoms with E-state index < -0.39 is 17.4 Å². The molecule has 0 aromatic heterocycles. The summed E-state index contributed by atoms with van der Waals surface area (Å²) in [5.41, 5.74) is 5.67. The van der Waals surface area contributed by atoms with Gasteiger partial charge in [-0.3, -0.25) is 0 Å². The minimum Gasteiger partial charge on any atom is -0.478 e. The SMILES string of the molecule is O=C(O)c1ccc(C2(c3ccc(C(=O)O)cc3)c3cc(Br)ccc3-c3ccc(Br)cc32)cc1. The van der Waals surface area contributed by atoms with Gasteiger partial charge in [-0.2, -0.15) is 0 Å². The van der Waals surface area contributed by atoms with Crippen molar-refractivity contribution in [1.82, 2.24) is 0 Å². The maximum Gasteiger partial charge on any atom is 0.335 e. The number of halogens is 2. The molecule has 0 atom stereocenters. The fraction of sp³-hybridized carbons (Fsp3) is 0.0370. The van der Waals surface area contributed by atoms with Crippen molar-refractivity contribution in [3.8, 4) is 11.1 Å². The number of benzene rings is 4. The van der Waals surface area contributed by atoms with Crippen molar-refractivity contribution in [3.05, 3.63) is 127 Å². The Kier molecular flexibility index (Phi) is 5.22. The van der Waals surface area contributed by atoms with Crippen molar-refractivity contribution in [2.24, 2.45) is 0 Å². The Morgan fingerprint density at radius 2 is 0.939 bits per heavy atom. The smallest absolute Gasteiger partial charge is 0.335 e. The van der Waals surface area contributed by atoms with Crippen molar-refractivity contribution < 1.29 is 19.8 Å². The maximum absolute atomic E-state index is 11.5. The van der Waals surface area contributed by atoms with Crippen LogP contribution in [0, 0.1) is 0 Å². The van der Waals surface area contributed by atoms with E-state index in [-0.39, 0.29) is 11.1 Å². The predicted octanol–water partition coefficient (Wildman–Crippen LogP) is 6.97. The van der Waals surface area contributed by atoms with Gasteiger partial charge in [0.25, 0.3) is 0 Å². The third kappa shape index (κ3) is 3.33. The number of fused-ring (bicyclic) bond motifs is 3. The number of aromatic carboxylic acids is 2. The van der Waals surface area contributed by atoms with E-state index in [0.717, 1.165) is 42.3 Å². The Labute approximate surface area is 206 Å². The molecule has 0 unspecified atom stereocenters. The number of hydrogen-bond donors (Lipinski definition) is 2. The molecule has 162 valence electrons. The molecule has 33 heavy (non-hydrogen) atoms. The van der Waals surface area contributed by atoms with Gasteiger partial charge in [-0.05, 0) is 81.9 Å².